The normalized spacial score (nSPS) is 12.2. The van der Waals surface area contributed by atoms with Crippen molar-refractivity contribution in [3.8, 4) is 0 Å². The maximum Gasteiger partial charge on any atom is 0.264 e. The molecular formula is C30H35Cl2N3O4S. The third-order valence-electron chi connectivity index (χ3n) is 6.45. The molecule has 40 heavy (non-hydrogen) atoms. The van der Waals surface area contributed by atoms with Crippen molar-refractivity contribution >= 4 is 50.7 Å². The van der Waals surface area contributed by atoms with Crippen LogP contribution < -0.4 is 9.62 Å². The fraction of sp³-hybridized carbons (Fsp3) is 0.333. The molecule has 0 saturated heterocycles. The number of amides is 2. The number of carbonyl (C=O) groups is 2. The first kappa shape index (κ1) is 31.5. The van der Waals surface area contributed by atoms with Crippen LogP contribution in [-0.2, 0) is 26.2 Å². The number of nitrogens with one attached hydrogen (secondary N) is 1. The number of hydrogen-bond donors (Lipinski definition) is 1. The second-order valence-corrected chi connectivity index (χ2v) is 12.6. The average molecular weight is 605 g/mol. The van der Waals surface area contributed by atoms with Crippen molar-refractivity contribution in [2.24, 2.45) is 5.92 Å². The smallest absolute Gasteiger partial charge is 0.264 e. The van der Waals surface area contributed by atoms with Gasteiger partial charge in [0.2, 0.25) is 11.8 Å². The van der Waals surface area contributed by atoms with Crippen molar-refractivity contribution in [1.82, 2.24) is 10.2 Å². The highest BCUT2D eigenvalue weighted by molar-refractivity contribution is 7.92. The fourth-order valence-corrected chi connectivity index (χ4v) is 6.02. The lowest BCUT2D eigenvalue weighted by molar-refractivity contribution is -0.140. The van der Waals surface area contributed by atoms with E-state index in [2.05, 4.69) is 5.32 Å². The van der Waals surface area contributed by atoms with Crippen LogP contribution in [0.4, 0.5) is 5.69 Å². The molecule has 7 nitrogen and oxygen atoms in total. The molecule has 214 valence electrons. The zero-order valence-corrected chi connectivity index (χ0v) is 25.4. The van der Waals surface area contributed by atoms with Gasteiger partial charge < -0.3 is 10.2 Å². The summed E-state index contributed by atoms with van der Waals surface area (Å²) < 4.78 is 28.9. The Bertz CT molecular complexity index is 1410. The number of anilines is 1. The molecule has 0 spiro atoms. The first-order valence-electron chi connectivity index (χ1n) is 13.1. The molecule has 0 radical (unpaired) electrons. The lowest BCUT2D eigenvalue weighted by Crippen LogP contribution is -2.52. The van der Waals surface area contributed by atoms with E-state index in [0.717, 1.165) is 9.87 Å². The van der Waals surface area contributed by atoms with Crippen molar-refractivity contribution < 1.29 is 18.0 Å². The summed E-state index contributed by atoms with van der Waals surface area (Å²) in [6, 6.07) is 19.0. The molecule has 3 aromatic carbocycles. The molecule has 3 rings (SSSR count). The van der Waals surface area contributed by atoms with Gasteiger partial charge in [-0.3, -0.25) is 13.9 Å². The number of halogens is 2. The summed E-state index contributed by atoms with van der Waals surface area (Å²) in [7, 11) is -4.17. The summed E-state index contributed by atoms with van der Waals surface area (Å²) >= 11 is 12.4. The number of sulfonamides is 1. The highest BCUT2D eigenvalue weighted by Gasteiger charge is 2.34. The van der Waals surface area contributed by atoms with E-state index < -0.39 is 28.5 Å². The molecule has 0 heterocycles. The molecule has 0 aliphatic heterocycles. The summed E-state index contributed by atoms with van der Waals surface area (Å²) in [6.07, 6.45) is 0.338. The Morgan fingerprint density at radius 1 is 0.925 bits per heavy atom. The van der Waals surface area contributed by atoms with E-state index in [1.807, 2.05) is 20.8 Å². The van der Waals surface area contributed by atoms with Gasteiger partial charge in [-0.2, -0.15) is 0 Å². The third-order valence-corrected chi connectivity index (χ3v) is 8.89. The summed E-state index contributed by atoms with van der Waals surface area (Å²) in [5.74, 6) is -0.602. The first-order valence-corrected chi connectivity index (χ1v) is 15.3. The summed E-state index contributed by atoms with van der Waals surface area (Å²) in [4.78, 5) is 28.8. The second kappa shape index (κ2) is 14.0. The number of benzene rings is 3. The maximum absolute atomic E-state index is 14.1. The van der Waals surface area contributed by atoms with Crippen LogP contribution in [-0.4, -0.2) is 44.3 Å². The van der Waals surface area contributed by atoms with E-state index in [-0.39, 0.29) is 29.0 Å². The molecule has 10 heteroatoms. The van der Waals surface area contributed by atoms with Crippen molar-refractivity contribution in [1.29, 1.82) is 0 Å². The Balaban J connectivity index is 2.07. The van der Waals surface area contributed by atoms with E-state index in [0.29, 0.717) is 28.6 Å². The molecule has 3 aromatic rings. The molecule has 0 bridgehead atoms. The van der Waals surface area contributed by atoms with Gasteiger partial charge in [-0.1, -0.05) is 80.4 Å². The Kier molecular flexibility index (Phi) is 11.0. The Hall–Kier alpha value is -3.07. The monoisotopic (exact) mass is 603 g/mol. The van der Waals surface area contributed by atoms with Crippen LogP contribution in [0.2, 0.25) is 10.0 Å². The van der Waals surface area contributed by atoms with Crippen LogP contribution in [0.5, 0.6) is 0 Å². The third kappa shape index (κ3) is 7.77. The average Bonchev–Trinajstić information content (AvgIpc) is 2.93. The van der Waals surface area contributed by atoms with Crippen LogP contribution in [0.3, 0.4) is 0 Å². The van der Waals surface area contributed by atoms with Gasteiger partial charge in [-0.25, -0.2) is 8.42 Å². The molecule has 0 saturated carbocycles. The second-order valence-electron chi connectivity index (χ2n) is 9.92. The molecule has 0 aromatic heterocycles. The first-order chi connectivity index (χ1) is 18.9. The van der Waals surface area contributed by atoms with Crippen LogP contribution in [0.15, 0.2) is 77.7 Å². The van der Waals surface area contributed by atoms with Gasteiger partial charge >= 0.3 is 0 Å². The molecule has 0 unspecified atom stereocenters. The Labute approximate surface area is 247 Å². The summed E-state index contributed by atoms with van der Waals surface area (Å²) in [5, 5.41) is 3.83. The highest BCUT2D eigenvalue weighted by atomic mass is 35.5. The topological polar surface area (TPSA) is 86.8 Å². The minimum absolute atomic E-state index is 0.0353. The number of hydrogen-bond acceptors (Lipinski definition) is 4. The number of nitrogens with zero attached hydrogens (tertiary/aromatic N) is 2. The van der Waals surface area contributed by atoms with Gasteiger partial charge in [0.25, 0.3) is 10.0 Å². The lowest BCUT2D eigenvalue weighted by Gasteiger charge is -2.33. The van der Waals surface area contributed by atoms with Crippen LogP contribution in [0, 0.1) is 12.8 Å². The van der Waals surface area contributed by atoms with Crippen molar-refractivity contribution in [2.75, 3.05) is 17.4 Å². The molecule has 0 aliphatic rings. The van der Waals surface area contributed by atoms with E-state index in [1.54, 1.807) is 67.6 Å². The molecule has 2 amide bonds. The van der Waals surface area contributed by atoms with Gasteiger partial charge in [0.1, 0.15) is 12.6 Å². The van der Waals surface area contributed by atoms with E-state index in [1.165, 1.54) is 17.0 Å². The van der Waals surface area contributed by atoms with E-state index in [4.69, 9.17) is 23.2 Å². The minimum atomic E-state index is -4.17. The zero-order valence-electron chi connectivity index (χ0n) is 23.1. The van der Waals surface area contributed by atoms with Gasteiger partial charge in [0.15, 0.2) is 0 Å². The van der Waals surface area contributed by atoms with Gasteiger partial charge in [-0.05, 0) is 66.8 Å². The molecular weight excluding hydrogens is 569 g/mol. The SMILES string of the molecule is CC[C@H](C(=O)NCC(C)C)N(Cc1ccc(Cl)cc1)C(=O)CN(c1cccc(Cl)c1C)S(=O)(=O)c1ccccc1. The predicted molar refractivity (Wildman–Crippen MR) is 161 cm³/mol. The Morgan fingerprint density at radius 3 is 2.17 bits per heavy atom. The zero-order chi connectivity index (χ0) is 29.4. The van der Waals surface area contributed by atoms with Crippen LogP contribution >= 0.6 is 23.2 Å². The quantitative estimate of drug-likeness (QED) is 0.272. The molecule has 1 N–H and O–H groups in total. The van der Waals surface area contributed by atoms with Crippen LogP contribution in [0.25, 0.3) is 0 Å². The standard InChI is InChI=1S/C30H35Cl2N3O4S/c1-5-27(30(37)33-18-21(2)3)34(19-23-14-16-24(31)17-15-23)29(36)20-35(28-13-9-12-26(32)22(28)4)40(38,39)25-10-7-6-8-11-25/h6-17,21,27H,5,18-20H2,1-4H3,(H,33,37)/t27-/m1/s1. The largest absolute Gasteiger partial charge is 0.354 e. The molecule has 1 atom stereocenters. The molecule has 0 fully saturated rings. The molecule has 0 aliphatic carbocycles. The number of rotatable bonds is 12. The van der Waals surface area contributed by atoms with Crippen molar-refractivity contribution in [3.63, 3.8) is 0 Å². The van der Waals surface area contributed by atoms with Gasteiger partial charge in [-0.15, -0.1) is 0 Å². The van der Waals surface area contributed by atoms with Crippen molar-refractivity contribution in [3.05, 3.63) is 94.0 Å². The fourth-order valence-electron chi connectivity index (χ4n) is 4.23. The minimum Gasteiger partial charge on any atom is -0.354 e. The van der Waals surface area contributed by atoms with Gasteiger partial charge in [0, 0.05) is 23.1 Å². The van der Waals surface area contributed by atoms with E-state index >= 15 is 0 Å². The summed E-state index contributed by atoms with van der Waals surface area (Å²) in [6.45, 7) is 7.51. The van der Waals surface area contributed by atoms with Crippen LogP contribution in [0.1, 0.15) is 38.3 Å². The number of carbonyl (C=O) groups excluding carboxylic acids is 2. The lowest BCUT2D eigenvalue weighted by atomic mass is 10.1. The predicted octanol–water partition coefficient (Wildman–Crippen LogP) is 6.08. The highest BCUT2D eigenvalue weighted by Crippen LogP contribution is 2.31. The summed E-state index contributed by atoms with van der Waals surface area (Å²) in [5.41, 5.74) is 1.56. The maximum atomic E-state index is 14.1. The van der Waals surface area contributed by atoms with Gasteiger partial charge in [0.05, 0.1) is 10.6 Å². The Morgan fingerprint density at radius 2 is 1.57 bits per heavy atom. The van der Waals surface area contributed by atoms with E-state index in [9.17, 15) is 18.0 Å². The van der Waals surface area contributed by atoms with Crippen molar-refractivity contribution in [2.45, 2.75) is 51.6 Å².